The Morgan fingerprint density at radius 3 is 2.52 bits per heavy atom. The fraction of sp³-hybridized carbons (Fsp3) is 0. The van der Waals surface area contributed by atoms with Gasteiger partial charge in [0.15, 0.2) is 5.82 Å². The van der Waals surface area contributed by atoms with Crippen LogP contribution in [0.5, 0.6) is 0 Å². The summed E-state index contributed by atoms with van der Waals surface area (Å²) in [6.45, 7) is 0. The topological polar surface area (TPSA) is 86.9 Å². The van der Waals surface area contributed by atoms with E-state index in [2.05, 4.69) is 20.6 Å². The molecule has 4 aromatic rings. The molecule has 0 unspecified atom stereocenters. The number of carbonyl (C=O) groups excluding carboxylic acids is 2. The first-order valence-electron chi connectivity index (χ1n) is 8.62. The number of rotatable bonds is 4. The molecule has 4 rings (SSSR count). The molecule has 0 bridgehead atoms. The number of aromatic nitrogens is 2. The van der Waals surface area contributed by atoms with Crippen molar-refractivity contribution < 1.29 is 18.4 Å². The molecule has 0 fully saturated rings. The molecule has 6 nitrogen and oxygen atoms in total. The van der Waals surface area contributed by atoms with E-state index < -0.39 is 29.0 Å². The maximum absolute atomic E-state index is 14.9. The molecule has 0 saturated carbocycles. The Bertz CT molecular complexity index is 1220. The molecule has 0 aliphatic rings. The number of amides is 2. The summed E-state index contributed by atoms with van der Waals surface area (Å²) in [6, 6.07) is 13.0. The molecule has 3 N–H and O–H groups in total. The van der Waals surface area contributed by atoms with Crippen molar-refractivity contribution in [3.63, 3.8) is 0 Å². The Labute approximate surface area is 163 Å². The molecule has 2 heterocycles. The number of nitrogens with zero attached hydrogens (tertiary/aromatic N) is 1. The number of hydrogen-bond acceptors (Lipinski definition) is 3. The quantitative estimate of drug-likeness (QED) is 0.439. The second-order valence-corrected chi connectivity index (χ2v) is 6.16. The van der Waals surface area contributed by atoms with Gasteiger partial charge in [-0.1, -0.05) is 18.2 Å². The number of urea groups is 1. The summed E-state index contributed by atoms with van der Waals surface area (Å²) in [7, 11) is 0. The van der Waals surface area contributed by atoms with E-state index in [0.29, 0.717) is 16.7 Å². The standard InChI is InChI=1S/C21H14F2N4O2/c22-15-8-9-16(27-21(29)26-12-5-2-1-3-6-12)18(23)17(15)19(28)14-11-25-20-13(14)7-4-10-24-20/h1-11H,(H,24,25)(H2,26,27,29). The second kappa shape index (κ2) is 7.51. The Morgan fingerprint density at radius 2 is 1.72 bits per heavy atom. The number of anilines is 2. The highest BCUT2D eigenvalue weighted by atomic mass is 19.1. The Morgan fingerprint density at radius 1 is 0.931 bits per heavy atom. The summed E-state index contributed by atoms with van der Waals surface area (Å²) in [5.41, 5.74) is -0.0755. The molecular formula is C21H14F2N4O2. The molecular weight excluding hydrogens is 378 g/mol. The number of H-pyrrole nitrogens is 1. The lowest BCUT2D eigenvalue weighted by Gasteiger charge is -2.11. The maximum atomic E-state index is 14.9. The molecule has 0 spiro atoms. The van der Waals surface area contributed by atoms with Gasteiger partial charge in [-0.3, -0.25) is 4.79 Å². The van der Waals surface area contributed by atoms with Gasteiger partial charge in [0.2, 0.25) is 5.78 Å². The summed E-state index contributed by atoms with van der Waals surface area (Å²) in [6.07, 6.45) is 2.88. The first kappa shape index (κ1) is 18.3. The van der Waals surface area contributed by atoms with Gasteiger partial charge in [-0.15, -0.1) is 0 Å². The summed E-state index contributed by atoms with van der Waals surface area (Å²) < 4.78 is 29.3. The van der Waals surface area contributed by atoms with Crippen molar-refractivity contribution in [2.45, 2.75) is 0 Å². The van der Waals surface area contributed by atoms with Crippen LogP contribution in [0.15, 0.2) is 67.0 Å². The molecule has 0 aliphatic heterocycles. The Balaban J connectivity index is 1.65. The smallest absolute Gasteiger partial charge is 0.323 e. The third kappa shape index (κ3) is 3.55. The van der Waals surface area contributed by atoms with Crippen molar-refractivity contribution in [2.24, 2.45) is 0 Å². The van der Waals surface area contributed by atoms with Gasteiger partial charge in [-0.05, 0) is 36.4 Å². The highest BCUT2D eigenvalue weighted by Gasteiger charge is 2.24. The third-order valence-corrected chi connectivity index (χ3v) is 4.29. The van der Waals surface area contributed by atoms with Gasteiger partial charge < -0.3 is 15.6 Å². The zero-order valence-corrected chi connectivity index (χ0v) is 14.9. The number of ketones is 1. The predicted octanol–water partition coefficient (Wildman–Crippen LogP) is 4.72. The second-order valence-electron chi connectivity index (χ2n) is 6.16. The maximum Gasteiger partial charge on any atom is 0.323 e. The average molecular weight is 392 g/mol. The molecule has 2 amide bonds. The first-order chi connectivity index (χ1) is 14.0. The van der Waals surface area contributed by atoms with Gasteiger partial charge in [0, 0.05) is 29.0 Å². The van der Waals surface area contributed by atoms with Crippen LogP contribution >= 0.6 is 0 Å². The van der Waals surface area contributed by atoms with Crippen LogP contribution in [0.2, 0.25) is 0 Å². The van der Waals surface area contributed by atoms with E-state index >= 15 is 0 Å². The van der Waals surface area contributed by atoms with Gasteiger partial charge in [-0.25, -0.2) is 18.6 Å². The van der Waals surface area contributed by atoms with Crippen molar-refractivity contribution in [2.75, 3.05) is 10.6 Å². The number of fused-ring (bicyclic) bond motifs is 1. The molecule has 2 aromatic heterocycles. The molecule has 2 aromatic carbocycles. The van der Waals surface area contributed by atoms with E-state index in [-0.39, 0.29) is 11.3 Å². The van der Waals surface area contributed by atoms with Crippen LogP contribution < -0.4 is 10.6 Å². The van der Waals surface area contributed by atoms with Gasteiger partial charge in [-0.2, -0.15) is 0 Å². The van der Waals surface area contributed by atoms with Crippen LogP contribution in [-0.4, -0.2) is 21.8 Å². The predicted molar refractivity (Wildman–Crippen MR) is 105 cm³/mol. The number of carbonyl (C=O) groups is 2. The molecule has 8 heteroatoms. The van der Waals surface area contributed by atoms with E-state index in [4.69, 9.17) is 0 Å². The van der Waals surface area contributed by atoms with E-state index in [1.807, 2.05) is 0 Å². The third-order valence-electron chi connectivity index (χ3n) is 4.29. The van der Waals surface area contributed by atoms with Gasteiger partial charge >= 0.3 is 6.03 Å². The molecule has 0 saturated heterocycles. The van der Waals surface area contributed by atoms with Gasteiger partial charge in [0.05, 0.1) is 11.3 Å². The van der Waals surface area contributed by atoms with E-state index in [9.17, 15) is 18.4 Å². The Kier molecular flexibility index (Phi) is 4.74. The number of para-hydroxylation sites is 1. The zero-order valence-electron chi connectivity index (χ0n) is 14.9. The average Bonchev–Trinajstić information content (AvgIpc) is 3.15. The number of aromatic amines is 1. The minimum Gasteiger partial charge on any atom is -0.345 e. The Hall–Kier alpha value is -4.07. The van der Waals surface area contributed by atoms with Crippen molar-refractivity contribution in [1.29, 1.82) is 0 Å². The van der Waals surface area contributed by atoms with Gasteiger partial charge in [0.1, 0.15) is 11.5 Å². The molecule has 0 atom stereocenters. The zero-order chi connectivity index (χ0) is 20.4. The van der Waals surface area contributed by atoms with Crippen LogP contribution in [0.3, 0.4) is 0 Å². The van der Waals surface area contributed by atoms with Crippen molar-refractivity contribution in [3.05, 3.63) is 89.8 Å². The van der Waals surface area contributed by atoms with Crippen molar-refractivity contribution in [1.82, 2.24) is 9.97 Å². The minimum absolute atomic E-state index is 0.0804. The summed E-state index contributed by atoms with van der Waals surface area (Å²) in [5, 5.41) is 5.26. The van der Waals surface area contributed by atoms with Crippen molar-refractivity contribution >= 4 is 34.2 Å². The SMILES string of the molecule is O=C(Nc1ccccc1)Nc1ccc(F)c(C(=O)c2c[nH]c3ncccc23)c1F. The number of benzene rings is 2. The summed E-state index contributed by atoms with van der Waals surface area (Å²) >= 11 is 0. The first-order valence-corrected chi connectivity index (χ1v) is 8.62. The molecule has 29 heavy (non-hydrogen) atoms. The van der Waals surface area contributed by atoms with E-state index in [1.165, 1.54) is 12.4 Å². The van der Waals surface area contributed by atoms with E-state index in [0.717, 1.165) is 12.1 Å². The van der Waals surface area contributed by atoms with Crippen molar-refractivity contribution in [3.8, 4) is 0 Å². The lowest BCUT2D eigenvalue weighted by Crippen LogP contribution is -2.21. The monoisotopic (exact) mass is 392 g/mol. The minimum atomic E-state index is -1.16. The van der Waals surface area contributed by atoms with Gasteiger partial charge in [0.25, 0.3) is 0 Å². The van der Waals surface area contributed by atoms with Crippen LogP contribution in [0.1, 0.15) is 15.9 Å². The van der Waals surface area contributed by atoms with Crippen LogP contribution in [-0.2, 0) is 0 Å². The van der Waals surface area contributed by atoms with Crippen LogP contribution in [0, 0.1) is 11.6 Å². The number of nitrogens with one attached hydrogen (secondary N) is 3. The summed E-state index contributed by atoms with van der Waals surface area (Å²) in [5.74, 6) is -3.04. The summed E-state index contributed by atoms with van der Waals surface area (Å²) in [4.78, 5) is 31.8. The van der Waals surface area contributed by atoms with Crippen LogP contribution in [0.4, 0.5) is 25.0 Å². The van der Waals surface area contributed by atoms with E-state index in [1.54, 1.807) is 42.5 Å². The number of pyridine rings is 1. The fourth-order valence-corrected chi connectivity index (χ4v) is 2.94. The molecule has 0 radical (unpaired) electrons. The molecule has 144 valence electrons. The lowest BCUT2D eigenvalue weighted by molar-refractivity contribution is 0.103. The van der Waals surface area contributed by atoms with Crippen LogP contribution in [0.25, 0.3) is 11.0 Å². The lowest BCUT2D eigenvalue weighted by atomic mass is 10.0. The highest BCUT2D eigenvalue weighted by Crippen LogP contribution is 2.26. The fourth-order valence-electron chi connectivity index (χ4n) is 2.94. The number of halogens is 2. The largest absolute Gasteiger partial charge is 0.345 e. The highest BCUT2D eigenvalue weighted by molar-refractivity contribution is 6.16. The number of hydrogen-bond donors (Lipinski definition) is 3. The molecule has 0 aliphatic carbocycles. The normalized spacial score (nSPS) is 10.7.